The van der Waals surface area contributed by atoms with Crippen LogP contribution in [0, 0.1) is 13.8 Å². The van der Waals surface area contributed by atoms with Gasteiger partial charge in [0.1, 0.15) is 0 Å². The van der Waals surface area contributed by atoms with Crippen molar-refractivity contribution in [3.63, 3.8) is 0 Å². The first-order chi connectivity index (χ1) is 39.0. The minimum absolute atomic E-state index is 0.469. The quantitative estimate of drug-likeness (QED) is 0.135. The Hall–Kier alpha value is -9.76. The van der Waals surface area contributed by atoms with Crippen LogP contribution in [-0.4, -0.2) is 0 Å². The van der Waals surface area contributed by atoms with Gasteiger partial charge in [-0.15, -0.1) is 0 Å². The number of hydrogen-bond acceptors (Lipinski definition) is 2. The maximum atomic E-state index is 2.48. The molecule has 0 unspecified atom stereocenters. The number of hydrogen-bond donors (Lipinski definition) is 0. The molecule has 0 saturated carbocycles. The Labute approximate surface area is 463 Å². The number of benzene rings is 12. The first-order valence-electron chi connectivity index (χ1n) is 27.7. The zero-order valence-corrected chi connectivity index (χ0v) is 44.3. The number of rotatable bonds is 10. The van der Waals surface area contributed by atoms with Gasteiger partial charge in [-0.2, -0.15) is 0 Å². The van der Waals surface area contributed by atoms with Gasteiger partial charge in [0.15, 0.2) is 0 Å². The maximum Gasteiger partial charge on any atom is 0.0713 e. The second-order valence-corrected chi connectivity index (χ2v) is 21.7. The number of nitrogens with zero attached hydrogens (tertiary/aromatic N) is 2. The highest BCUT2D eigenvalue weighted by atomic mass is 15.2. The maximum absolute atomic E-state index is 2.48. The molecule has 374 valence electrons. The minimum Gasteiger partial charge on any atom is -0.310 e. The van der Waals surface area contributed by atoms with Crippen LogP contribution in [0.1, 0.15) is 66.8 Å². The fourth-order valence-corrected chi connectivity index (χ4v) is 14.1. The largest absolute Gasteiger partial charge is 0.310 e. The normalized spacial score (nSPS) is 13.6. The van der Waals surface area contributed by atoms with Crippen molar-refractivity contribution in [1.82, 2.24) is 0 Å². The van der Waals surface area contributed by atoms with Crippen LogP contribution in [0.5, 0.6) is 0 Å². The van der Waals surface area contributed by atoms with E-state index in [9.17, 15) is 0 Å². The van der Waals surface area contributed by atoms with Crippen LogP contribution < -0.4 is 9.80 Å². The molecule has 3 aliphatic rings. The number of aryl methyl sites for hydroxylation is 2. The minimum atomic E-state index is -0.471. The highest BCUT2D eigenvalue weighted by Crippen LogP contribution is 2.58. The van der Waals surface area contributed by atoms with Gasteiger partial charge in [0.25, 0.3) is 0 Å². The lowest BCUT2D eigenvalue weighted by Crippen LogP contribution is -2.28. The summed E-state index contributed by atoms with van der Waals surface area (Å²) < 4.78 is 0. The summed E-state index contributed by atoms with van der Waals surface area (Å²) in [6.45, 7) is 4.38. The Morgan fingerprint density at radius 1 is 0.266 bits per heavy atom. The summed E-state index contributed by atoms with van der Waals surface area (Å²) in [5.74, 6) is 0. The topological polar surface area (TPSA) is 6.48 Å². The third kappa shape index (κ3) is 7.11. The fraction of sp³-hybridized carbons (Fsp3) is 0.0649. The lowest BCUT2D eigenvalue weighted by atomic mass is 9.68. The Kier molecular flexibility index (Phi) is 10.9. The number of anilines is 6. The fourth-order valence-electron chi connectivity index (χ4n) is 14.1. The predicted octanol–water partition coefficient (Wildman–Crippen LogP) is 19.5. The molecule has 0 heterocycles. The van der Waals surface area contributed by atoms with Crippen LogP contribution in [0.4, 0.5) is 34.1 Å². The van der Waals surface area contributed by atoms with E-state index in [0.717, 1.165) is 34.9 Å². The first kappa shape index (κ1) is 46.5. The van der Waals surface area contributed by atoms with Crippen LogP contribution in [0.2, 0.25) is 0 Å². The summed E-state index contributed by atoms with van der Waals surface area (Å²) in [6, 6.07) is 109. The van der Waals surface area contributed by atoms with E-state index < -0.39 is 10.8 Å². The zero-order chi connectivity index (χ0) is 52.7. The second-order valence-electron chi connectivity index (χ2n) is 21.7. The van der Waals surface area contributed by atoms with Gasteiger partial charge >= 0.3 is 0 Å². The van der Waals surface area contributed by atoms with Gasteiger partial charge in [0, 0.05) is 34.9 Å². The van der Waals surface area contributed by atoms with E-state index in [4.69, 9.17) is 0 Å². The third-order valence-electron chi connectivity index (χ3n) is 17.4. The molecule has 0 aromatic heterocycles. The van der Waals surface area contributed by atoms with Gasteiger partial charge < -0.3 is 9.80 Å². The van der Waals surface area contributed by atoms with Crippen LogP contribution in [0.25, 0.3) is 33.4 Å². The van der Waals surface area contributed by atoms with Crippen LogP contribution >= 0.6 is 0 Å². The van der Waals surface area contributed by atoms with E-state index in [1.807, 2.05) is 0 Å². The molecule has 0 atom stereocenters. The first-order valence-corrected chi connectivity index (χ1v) is 27.7. The van der Waals surface area contributed by atoms with Crippen LogP contribution in [-0.2, 0) is 17.3 Å². The Bertz CT molecular complexity index is 4210. The Morgan fingerprint density at radius 2 is 0.633 bits per heavy atom. The smallest absolute Gasteiger partial charge is 0.0713 e. The van der Waals surface area contributed by atoms with Gasteiger partial charge in [0.2, 0.25) is 0 Å². The standard InChI is InChI=1S/C77H56N2/c1-52-20-17-26-61(48-52)78(59-44-39-57(40-45-59)76(55-22-5-3-6-23-55)71-33-13-9-28-65(71)66-29-10-14-34-72(66)76)63-43-38-54-50-70-64(69(54)51-63)32-19-37-75(70)79(62-27-18-21-53(2)49-62)60-46-41-58(42-47-60)77(56-24-7-4-8-25-56)73-35-15-11-30-67(73)68-31-12-16-36-74(68)77/h3-49,51H,50H2,1-2H3. The molecule has 12 aromatic rings. The molecule has 0 fully saturated rings. The van der Waals surface area contributed by atoms with Crippen molar-refractivity contribution in [3.8, 4) is 33.4 Å². The van der Waals surface area contributed by atoms with Crippen molar-refractivity contribution in [3.05, 3.63) is 358 Å². The van der Waals surface area contributed by atoms with Crippen molar-refractivity contribution in [2.24, 2.45) is 0 Å². The van der Waals surface area contributed by atoms with E-state index in [1.54, 1.807) is 0 Å². The van der Waals surface area contributed by atoms with Crippen molar-refractivity contribution in [2.45, 2.75) is 31.1 Å². The SMILES string of the molecule is Cc1cccc(N(c2ccc(C3(c4ccccc4)c4ccccc4-c4ccccc43)cc2)c2ccc3c(c2)-c2cccc(N(c4ccc(C5(c6ccccc6)c6ccccc6-c6ccccc65)cc4)c4cccc(C)c4)c2C3)c1. The molecule has 2 nitrogen and oxygen atoms in total. The molecule has 0 saturated heterocycles. The van der Waals surface area contributed by atoms with Crippen molar-refractivity contribution in [1.29, 1.82) is 0 Å². The molecule has 2 heteroatoms. The average molecular weight is 1010 g/mol. The van der Waals surface area contributed by atoms with E-state index >= 15 is 0 Å². The third-order valence-corrected chi connectivity index (χ3v) is 17.4. The lowest BCUT2D eigenvalue weighted by Gasteiger charge is -2.34. The molecule has 12 aromatic carbocycles. The molecule has 0 amide bonds. The van der Waals surface area contributed by atoms with Gasteiger partial charge in [-0.1, -0.05) is 224 Å². The summed E-state index contributed by atoms with van der Waals surface area (Å²) in [4.78, 5) is 4.92. The van der Waals surface area contributed by atoms with Crippen molar-refractivity contribution >= 4 is 34.1 Å². The van der Waals surface area contributed by atoms with Crippen LogP contribution in [0.15, 0.2) is 291 Å². The molecule has 79 heavy (non-hydrogen) atoms. The molecule has 0 radical (unpaired) electrons. The average Bonchev–Trinajstić information content (AvgIpc) is 4.12. The molecule has 0 bridgehead atoms. The summed E-state index contributed by atoms with van der Waals surface area (Å²) in [7, 11) is 0. The highest BCUT2D eigenvalue weighted by Gasteiger charge is 2.47. The molecular formula is C77H56N2. The molecule has 0 aliphatic heterocycles. The molecule has 0 N–H and O–H groups in total. The summed E-state index contributed by atoms with van der Waals surface area (Å²) in [5, 5.41) is 0. The van der Waals surface area contributed by atoms with Gasteiger partial charge in [0.05, 0.1) is 16.5 Å². The van der Waals surface area contributed by atoms with Crippen molar-refractivity contribution < 1.29 is 0 Å². The van der Waals surface area contributed by atoms with Crippen molar-refractivity contribution in [2.75, 3.05) is 9.80 Å². The van der Waals surface area contributed by atoms with E-state index in [-0.39, 0.29) is 0 Å². The van der Waals surface area contributed by atoms with E-state index in [0.29, 0.717) is 0 Å². The zero-order valence-electron chi connectivity index (χ0n) is 44.3. The van der Waals surface area contributed by atoms with E-state index in [1.165, 1.54) is 106 Å². The van der Waals surface area contributed by atoms with Gasteiger partial charge in [-0.25, -0.2) is 0 Å². The molecule has 0 spiro atoms. The Balaban J connectivity index is 0.840. The second kappa shape index (κ2) is 18.5. The van der Waals surface area contributed by atoms with E-state index in [2.05, 4.69) is 315 Å². The molecule has 3 aliphatic carbocycles. The Morgan fingerprint density at radius 3 is 1.10 bits per heavy atom. The lowest BCUT2D eigenvalue weighted by molar-refractivity contribution is 0.768. The monoisotopic (exact) mass is 1010 g/mol. The highest BCUT2D eigenvalue weighted by molar-refractivity contribution is 5.92. The summed E-state index contributed by atoms with van der Waals surface area (Å²) in [5.41, 5.74) is 29.0. The number of fused-ring (bicyclic) bond motifs is 9. The molecular weight excluding hydrogens is 953 g/mol. The summed E-state index contributed by atoms with van der Waals surface area (Å²) >= 11 is 0. The predicted molar refractivity (Wildman–Crippen MR) is 328 cm³/mol. The summed E-state index contributed by atoms with van der Waals surface area (Å²) in [6.07, 6.45) is 0.829. The van der Waals surface area contributed by atoms with Crippen LogP contribution in [0.3, 0.4) is 0 Å². The van der Waals surface area contributed by atoms with Gasteiger partial charge in [-0.3, -0.25) is 0 Å². The molecule has 15 rings (SSSR count). The van der Waals surface area contributed by atoms with Gasteiger partial charge in [-0.05, 0) is 181 Å².